The zero-order chi connectivity index (χ0) is 14.6. The van der Waals surface area contributed by atoms with Gasteiger partial charge in [0, 0.05) is 18.6 Å². The number of carboxylic acid groups (broad SMARTS) is 1. The molecule has 1 heterocycles. The molecule has 1 saturated heterocycles. The standard InChI is InChI=1S/C12H21N3O4/c1-4-12(2,3)14-11(19)15-6-5-13-10(18)8(15)7-9(16)17/h8H,4-7H2,1-3H3,(H,13,18)(H,14,19)(H,16,17). The number of aliphatic carboxylic acids is 1. The molecule has 1 fully saturated rings. The number of carbonyl (C=O) groups is 3. The largest absolute Gasteiger partial charge is 0.481 e. The molecule has 108 valence electrons. The summed E-state index contributed by atoms with van der Waals surface area (Å²) >= 11 is 0. The molecule has 7 heteroatoms. The van der Waals surface area contributed by atoms with Crippen LogP contribution < -0.4 is 10.6 Å². The third-order valence-electron chi connectivity index (χ3n) is 3.29. The van der Waals surface area contributed by atoms with E-state index < -0.39 is 29.5 Å². The predicted octanol–water partition coefficient (Wildman–Crippen LogP) is 0.160. The average molecular weight is 271 g/mol. The molecule has 1 aliphatic heterocycles. The Balaban J connectivity index is 2.79. The minimum absolute atomic E-state index is 0.315. The van der Waals surface area contributed by atoms with Gasteiger partial charge in [-0.1, -0.05) is 6.92 Å². The monoisotopic (exact) mass is 271 g/mol. The summed E-state index contributed by atoms with van der Waals surface area (Å²) < 4.78 is 0. The molecule has 0 spiro atoms. The lowest BCUT2D eigenvalue weighted by molar-refractivity contribution is -0.142. The lowest BCUT2D eigenvalue weighted by atomic mass is 10.0. The Morgan fingerprint density at radius 1 is 1.53 bits per heavy atom. The zero-order valence-electron chi connectivity index (χ0n) is 11.5. The molecule has 1 rings (SSSR count). The van der Waals surface area contributed by atoms with Crippen molar-refractivity contribution in [2.24, 2.45) is 0 Å². The van der Waals surface area contributed by atoms with Gasteiger partial charge in [0.2, 0.25) is 5.91 Å². The Kier molecular flexibility index (Phi) is 4.74. The first-order valence-corrected chi connectivity index (χ1v) is 6.35. The van der Waals surface area contributed by atoms with E-state index in [-0.39, 0.29) is 6.42 Å². The highest BCUT2D eigenvalue weighted by Crippen LogP contribution is 2.13. The molecule has 0 radical (unpaired) electrons. The normalized spacial score (nSPS) is 19.8. The minimum atomic E-state index is -1.10. The highest BCUT2D eigenvalue weighted by atomic mass is 16.4. The van der Waals surface area contributed by atoms with Gasteiger partial charge in [-0.05, 0) is 20.3 Å². The number of urea groups is 1. The number of nitrogens with zero attached hydrogens (tertiary/aromatic N) is 1. The van der Waals surface area contributed by atoms with E-state index in [1.54, 1.807) is 0 Å². The van der Waals surface area contributed by atoms with Crippen molar-refractivity contribution < 1.29 is 19.5 Å². The molecule has 1 atom stereocenters. The molecule has 0 saturated carbocycles. The van der Waals surface area contributed by atoms with Gasteiger partial charge in [-0.25, -0.2) is 4.79 Å². The van der Waals surface area contributed by atoms with Crippen molar-refractivity contribution in [1.82, 2.24) is 15.5 Å². The van der Waals surface area contributed by atoms with Gasteiger partial charge in [0.1, 0.15) is 6.04 Å². The Labute approximate surface area is 112 Å². The van der Waals surface area contributed by atoms with Crippen LogP contribution in [-0.4, -0.2) is 52.6 Å². The summed E-state index contributed by atoms with van der Waals surface area (Å²) in [5.41, 5.74) is -0.390. The fourth-order valence-corrected chi connectivity index (χ4v) is 1.78. The van der Waals surface area contributed by atoms with Crippen molar-refractivity contribution in [3.8, 4) is 0 Å². The van der Waals surface area contributed by atoms with E-state index in [1.807, 2.05) is 20.8 Å². The van der Waals surface area contributed by atoms with E-state index in [2.05, 4.69) is 10.6 Å². The molecular formula is C12H21N3O4. The number of piperazine rings is 1. The molecule has 0 bridgehead atoms. The second-order valence-corrected chi connectivity index (χ2v) is 5.27. The second-order valence-electron chi connectivity index (χ2n) is 5.27. The van der Waals surface area contributed by atoms with Gasteiger partial charge in [0.05, 0.1) is 6.42 Å². The van der Waals surface area contributed by atoms with Crippen LogP contribution in [0.1, 0.15) is 33.6 Å². The first kappa shape index (κ1) is 15.3. The van der Waals surface area contributed by atoms with Crippen LogP contribution in [0, 0.1) is 0 Å². The Morgan fingerprint density at radius 2 is 2.16 bits per heavy atom. The van der Waals surface area contributed by atoms with Gasteiger partial charge in [-0.2, -0.15) is 0 Å². The number of hydrogen-bond donors (Lipinski definition) is 3. The summed E-state index contributed by atoms with van der Waals surface area (Å²) in [6, 6.07) is -1.34. The van der Waals surface area contributed by atoms with Crippen LogP contribution in [0.2, 0.25) is 0 Å². The van der Waals surface area contributed by atoms with E-state index >= 15 is 0 Å². The van der Waals surface area contributed by atoms with Gasteiger partial charge in [-0.3, -0.25) is 9.59 Å². The molecule has 0 aromatic carbocycles. The molecule has 0 aromatic rings. The molecule has 3 amide bonds. The minimum Gasteiger partial charge on any atom is -0.481 e. The first-order chi connectivity index (χ1) is 8.76. The maximum Gasteiger partial charge on any atom is 0.318 e. The summed E-state index contributed by atoms with van der Waals surface area (Å²) in [7, 11) is 0. The molecule has 7 nitrogen and oxygen atoms in total. The Hall–Kier alpha value is -1.79. The van der Waals surface area contributed by atoms with Crippen molar-refractivity contribution in [3.63, 3.8) is 0 Å². The summed E-state index contributed by atoms with van der Waals surface area (Å²) in [6.07, 6.45) is 0.355. The van der Waals surface area contributed by atoms with Crippen LogP contribution in [0.4, 0.5) is 4.79 Å². The third kappa shape index (κ3) is 4.11. The maximum atomic E-state index is 12.2. The van der Waals surface area contributed by atoms with Crippen LogP contribution in [0.15, 0.2) is 0 Å². The Bertz CT molecular complexity index is 381. The highest BCUT2D eigenvalue weighted by Gasteiger charge is 2.36. The molecule has 1 aliphatic rings. The number of carboxylic acids is 1. The van der Waals surface area contributed by atoms with E-state index in [0.717, 1.165) is 6.42 Å². The highest BCUT2D eigenvalue weighted by molar-refractivity contribution is 5.91. The lowest BCUT2D eigenvalue weighted by Crippen LogP contribution is -2.62. The van der Waals surface area contributed by atoms with Crippen LogP contribution in [0.5, 0.6) is 0 Å². The number of nitrogens with one attached hydrogen (secondary N) is 2. The number of amides is 3. The number of hydrogen-bond acceptors (Lipinski definition) is 3. The summed E-state index contributed by atoms with van der Waals surface area (Å²) in [5, 5.41) is 14.2. The maximum absolute atomic E-state index is 12.2. The van der Waals surface area contributed by atoms with Gasteiger partial charge in [0.25, 0.3) is 0 Å². The molecule has 3 N–H and O–H groups in total. The number of rotatable bonds is 4. The predicted molar refractivity (Wildman–Crippen MR) is 68.7 cm³/mol. The lowest BCUT2D eigenvalue weighted by Gasteiger charge is -2.37. The van der Waals surface area contributed by atoms with E-state index in [1.165, 1.54) is 4.90 Å². The van der Waals surface area contributed by atoms with Crippen molar-refractivity contribution in [3.05, 3.63) is 0 Å². The van der Waals surface area contributed by atoms with Crippen molar-refractivity contribution >= 4 is 17.9 Å². The van der Waals surface area contributed by atoms with Crippen LogP contribution >= 0.6 is 0 Å². The van der Waals surface area contributed by atoms with Crippen LogP contribution in [0.25, 0.3) is 0 Å². The summed E-state index contributed by atoms with van der Waals surface area (Å²) in [6.45, 7) is 6.35. The van der Waals surface area contributed by atoms with Crippen molar-refractivity contribution in [1.29, 1.82) is 0 Å². The van der Waals surface area contributed by atoms with E-state index in [0.29, 0.717) is 13.1 Å². The summed E-state index contributed by atoms with van der Waals surface area (Å²) in [5.74, 6) is -1.52. The number of carbonyl (C=O) groups excluding carboxylic acids is 2. The molecule has 19 heavy (non-hydrogen) atoms. The van der Waals surface area contributed by atoms with Gasteiger partial charge >= 0.3 is 12.0 Å². The molecule has 0 aliphatic carbocycles. The molecule has 1 unspecified atom stereocenters. The van der Waals surface area contributed by atoms with Gasteiger partial charge < -0.3 is 20.6 Å². The second kappa shape index (κ2) is 5.90. The van der Waals surface area contributed by atoms with Gasteiger partial charge in [0.15, 0.2) is 0 Å². The van der Waals surface area contributed by atoms with E-state index in [4.69, 9.17) is 5.11 Å². The third-order valence-corrected chi connectivity index (χ3v) is 3.29. The fraction of sp³-hybridized carbons (Fsp3) is 0.750. The molecular weight excluding hydrogens is 250 g/mol. The summed E-state index contributed by atoms with van der Waals surface area (Å²) in [4.78, 5) is 35.9. The van der Waals surface area contributed by atoms with Crippen molar-refractivity contribution in [2.45, 2.75) is 45.2 Å². The fourth-order valence-electron chi connectivity index (χ4n) is 1.78. The quantitative estimate of drug-likeness (QED) is 0.678. The zero-order valence-corrected chi connectivity index (χ0v) is 11.5. The van der Waals surface area contributed by atoms with Crippen LogP contribution in [-0.2, 0) is 9.59 Å². The van der Waals surface area contributed by atoms with Gasteiger partial charge in [-0.15, -0.1) is 0 Å². The van der Waals surface area contributed by atoms with Crippen molar-refractivity contribution in [2.75, 3.05) is 13.1 Å². The molecule has 0 aromatic heterocycles. The first-order valence-electron chi connectivity index (χ1n) is 6.35. The Morgan fingerprint density at radius 3 is 2.68 bits per heavy atom. The van der Waals surface area contributed by atoms with Crippen LogP contribution in [0.3, 0.4) is 0 Å². The topological polar surface area (TPSA) is 98.7 Å². The average Bonchev–Trinajstić information content (AvgIpc) is 2.30. The smallest absolute Gasteiger partial charge is 0.318 e. The SMILES string of the molecule is CCC(C)(C)NC(=O)N1CCNC(=O)C1CC(=O)O. The van der Waals surface area contributed by atoms with E-state index in [9.17, 15) is 14.4 Å².